The van der Waals surface area contributed by atoms with Gasteiger partial charge in [-0.2, -0.15) is 0 Å². The number of furan rings is 2. The first-order chi connectivity index (χ1) is 38.5. The molecule has 0 amide bonds. The molecule has 0 unspecified atom stereocenters. The monoisotopic (exact) mass is 1020 g/mol. The van der Waals surface area contributed by atoms with Crippen LogP contribution in [0.5, 0.6) is 0 Å². The first-order valence-electron chi connectivity index (χ1n) is 28.2. The normalized spacial score (nSPS) is 14.9. The van der Waals surface area contributed by atoms with Gasteiger partial charge in [-0.1, -0.05) is 189 Å². The highest BCUT2D eigenvalue weighted by Gasteiger charge is 2.49. The molecule has 0 bridgehead atoms. The fourth-order valence-corrected chi connectivity index (χ4v) is 15.0. The summed E-state index contributed by atoms with van der Waals surface area (Å²) >= 11 is 0. The maximum absolute atomic E-state index is 7.03. The van der Waals surface area contributed by atoms with Crippen LogP contribution in [0.1, 0.15) is 88.8 Å². The highest BCUT2D eigenvalue weighted by atomic mass is 16.3. The Hall–Kier alpha value is -9.12. The average molecular weight is 1020 g/mol. The van der Waals surface area contributed by atoms with Crippen molar-refractivity contribution in [2.24, 2.45) is 0 Å². The molecule has 17 rings (SSSR count). The second-order valence-electron chi connectivity index (χ2n) is 23.6. The summed E-state index contributed by atoms with van der Waals surface area (Å²) < 4.78 is 13.5. The number of nitrogens with one attached hydrogen (secondary N) is 1. The fourth-order valence-electron chi connectivity index (χ4n) is 15.0. The molecule has 0 saturated heterocycles. The predicted octanol–water partition coefficient (Wildman–Crippen LogP) is 21.4. The second kappa shape index (κ2) is 16.0. The molecule has 1 N–H and O–H groups in total. The zero-order chi connectivity index (χ0) is 53.4. The Morgan fingerprint density at radius 2 is 0.962 bits per heavy atom. The Balaban J connectivity index is 0.00000257. The van der Waals surface area contributed by atoms with Gasteiger partial charge in [-0.05, 0) is 139 Å². The van der Waals surface area contributed by atoms with E-state index in [9.17, 15) is 0 Å². The van der Waals surface area contributed by atoms with Crippen molar-refractivity contribution in [2.45, 2.75) is 71.6 Å². The van der Waals surface area contributed by atoms with Crippen molar-refractivity contribution in [3.05, 3.63) is 234 Å². The van der Waals surface area contributed by atoms with Gasteiger partial charge in [-0.3, -0.25) is 0 Å². The van der Waals surface area contributed by atoms with E-state index in [-0.39, 0.29) is 16.2 Å². The zero-order valence-corrected chi connectivity index (χ0v) is 45.8. The van der Waals surface area contributed by atoms with Crippen LogP contribution in [0.3, 0.4) is 0 Å². The molecule has 0 aliphatic heterocycles. The molecule has 3 heterocycles. The molecule has 3 aromatic heterocycles. The van der Waals surface area contributed by atoms with Crippen LogP contribution in [0.2, 0.25) is 0 Å². The first kappa shape index (κ1) is 46.0. The number of benzene rings is 11. The van der Waals surface area contributed by atoms with E-state index >= 15 is 0 Å². The predicted molar refractivity (Wildman–Crippen MR) is 332 cm³/mol. The summed E-state index contributed by atoms with van der Waals surface area (Å²) in [6, 6.07) is 74.2. The summed E-state index contributed by atoms with van der Waals surface area (Å²) in [6.45, 7) is 18.6. The molecule has 0 radical (unpaired) electrons. The van der Waals surface area contributed by atoms with Crippen molar-refractivity contribution in [2.75, 3.05) is 4.90 Å². The minimum absolute atomic E-state index is 0.240. The molecule has 4 nitrogen and oxygen atoms in total. The van der Waals surface area contributed by atoms with Crippen LogP contribution in [0, 0.1) is 0 Å². The molecule has 79 heavy (non-hydrogen) atoms. The topological polar surface area (TPSA) is 45.3 Å². The van der Waals surface area contributed by atoms with Gasteiger partial charge in [0, 0.05) is 82.0 Å². The third kappa shape index (κ3) is 5.99. The molecular formula is C75H58N2O2. The summed E-state index contributed by atoms with van der Waals surface area (Å²) in [5, 5.41) is 9.57. The number of hydrogen-bond acceptors (Lipinski definition) is 3. The Bertz CT molecular complexity index is 4970. The lowest BCUT2D eigenvalue weighted by Crippen LogP contribution is -2.24. The van der Waals surface area contributed by atoms with Gasteiger partial charge in [-0.15, -0.1) is 0 Å². The van der Waals surface area contributed by atoms with E-state index in [0.717, 1.165) is 66.8 Å². The highest BCUT2D eigenvalue weighted by Crippen LogP contribution is 2.64. The quantitative estimate of drug-likeness (QED) is 0.191. The number of aromatic amines is 1. The minimum Gasteiger partial charge on any atom is -0.456 e. The van der Waals surface area contributed by atoms with Crippen LogP contribution < -0.4 is 4.90 Å². The van der Waals surface area contributed by atoms with Gasteiger partial charge in [0.1, 0.15) is 22.3 Å². The molecule has 0 saturated carbocycles. The number of rotatable bonds is 4. The molecule has 380 valence electrons. The first-order valence-corrected chi connectivity index (χ1v) is 28.2. The van der Waals surface area contributed by atoms with Crippen LogP contribution in [0.15, 0.2) is 209 Å². The van der Waals surface area contributed by atoms with Gasteiger partial charge in [0.15, 0.2) is 0 Å². The number of fused-ring (bicyclic) bond motifs is 23. The Morgan fingerprint density at radius 1 is 0.380 bits per heavy atom. The number of hydrogen-bond donors (Lipinski definition) is 1. The van der Waals surface area contributed by atoms with Gasteiger partial charge < -0.3 is 18.7 Å². The van der Waals surface area contributed by atoms with Crippen LogP contribution >= 0.6 is 0 Å². The molecule has 3 aliphatic rings. The molecule has 4 heteroatoms. The lowest BCUT2D eigenvalue weighted by molar-refractivity contribution is 0.600. The number of para-hydroxylation sites is 3. The maximum atomic E-state index is 7.03. The second-order valence-corrected chi connectivity index (χ2v) is 23.6. The molecule has 11 aromatic carbocycles. The van der Waals surface area contributed by atoms with Crippen molar-refractivity contribution in [1.29, 1.82) is 0 Å². The lowest BCUT2D eigenvalue weighted by atomic mass is 9.72. The summed E-state index contributed by atoms with van der Waals surface area (Å²) in [6.07, 6.45) is 0. The lowest BCUT2D eigenvalue weighted by Gasteiger charge is -2.32. The van der Waals surface area contributed by atoms with Gasteiger partial charge in [-0.25, -0.2) is 0 Å². The third-order valence-electron chi connectivity index (χ3n) is 18.5. The highest BCUT2D eigenvalue weighted by molar-refractivity contribution is 6.22. The molecule has 0 spiro atoms. The number of aromatic nitrogens is 1. The van der Waals surface area contributed by atoms with Crippen molar-refractivity contribution in [1.82, 2.24) is 4.98 Å². The minimum atomic E-state index is -0.347. The van der Waals surface area contributed by atoms with Crippen LogP contribution in [0.25, 0.3) is 121 Å². The molecule has 0 atom stereocenters. The standard InChI is InChI=1S/C73H52N2O2.C2H6/c1-71(2)54-37-42(31-34-48(54)62-56(71)39-52(69-64(62)50-23-10-14-26-57(50)74-69)41-30-33-46-45-21-11-15-28-59(45)76-61(46)36-41)75(58-27-17-19-40-18-7-8-20-44(40)58)43-32-35-49-55(38-43)73(5,6)67-63(49)65-51-24-12-16-29-60(51)77-70(65)66-47-22-9-13-25-53(47)72(3,4)68(66)67;1-2/h7-39,74H,1-6H3;1-2H3. The van der Waals surface area contributed by atoms with Crippen molar-refractivity contribution >= 4 is 93.5 Å². The Kier molecular flexibility index (Phi) is 9.31. The summed E-state index contributed by atoms with van der Waals surface area (Å²) in [5.41, 5.74) is 26.6. The fraction of sp³-hybridized carbons (Fsp3) is 0.147. The van der Waals surface area contributed by atoms with Crippen molar-refractivity contribution < 1.29 is 8.83 Å². The van der Waals surface area contributed by atoms with Crippen molar-refractivity contribution in [3.8, 4) is 44.5 Å². The van der Waals surface area contributed by atoms with Gasteiger partial charge >= 0.3 is 0 Å². The van der Waals surface area contributed by atoms with Crippen molar-refractivity contribution in [3.63, 3.8) is 0 Å². The average Bonchev–Trinajstić information content (AvgIpc) is 2.32. The molecule has 3 aliphatic carbocycles. The molecule has 14 aromatic rings. The Morgan fingerprint density at radius 3 is 1.75 bits per heavy atom. The summed E-state index contributed by atoms with van der Waals surface area (Å²) in [7, 11) is 0. The smallest absolute Gasteiger partial charge is 0.144 e. The SMILES string of the molecule is CC.CC1(C)c2cc(N(c3ccc4c(c3)C(C)(C)c3c5c(c6oc7ccccc7c6c3-4)-c3ccccc3C5(C)C)c3cccc4ccccc34)ccc2-c2c1cc(-c1ccc3c(c1)oc1ccccc13)c1[nH]c3ccccc3c21. The van der Waals surface area contributed by atoms with Gasteiger partial charge in [0.05, 0.1) is 11.2 Å². The Labute approximate surface area is 459 Å². The summed E-state index contributed by atoms with van der Waals surface area (Å²) in [5.74, 6) is 0. The molecule has 0 fully saturated rings. The number of nitrogens with zero attached hydrogens (tertiary/aromatic N) is 1. The van der Waals surface area contributed by atoms with E-state index < -0.39 is 0 Å². The number of anilines is 3. The van der Waals surface area contributed by atoms with Crippen LogP contribution in [-0.4, -0.2) is 4.98 Å². The maximum Gasteiger partial charge on any atom is 0.144 e. The molecular weight excluding hydrogens is 961 g/mol. The van der Waals surface area contributed by atoms with E-state index in [4.69, 9.17) is 8.83 Å². The number of H-pyrrole nitrogens is 1. The van der Waals surface area contributed by atoms with E-state index in [1.807, 2.05) is 19.9 Å². The summed E-state index contributed by atoms with van der Waals surface area (Å²) in [4.78, 5) is 6.46. The van der Waals surface area contributed by atoms with E-state index in [1.165, 1.54) is 105 Å². The van der Waals surface area contributed by atoms with E-state index in [0.29, 0.717) is 0 Å². The van der Waals surface area contributed by atoms with E-state index in [1.54, 1.807) is 0 Å². The third-order valence-corrected chi connectivity index (χ3v) is 18.5. The van der Waals surface area contributed by atoms with Crippen LogP contribution in [-0.2, 0) is 16.2 Å². The zero-order valence-electron chi connectivity index (χ0n) is 45.8. The van der Waals surface area contributed by atoms with Crippen LogP contribution in [0.4, 0.5) is 17.1 Å². The van der Waals surface area contributed by atoms with Gasteiger partial charge in [0.2, 0.25) is 0 Å². The van der Waals surface area contributed by atoms with Gasteiger partial charge in [0.25, 0.3) is 0 Å². The van der Waals surface area contributed by atoms with E-state index in [2.05, 4.69) is 246 Å². The largest absolute Gasteiger partial charge is 0.456 e.